The fourth-order valence-electron chi connectivity index (χ4n) is 3.62. The van der Waals surface area contributed by atoms with Crippen molar-refractivity contribution in [2.75, 3.05) is 13.1 Å². The average Bonchev–Trinajstić information content (AvgIpc) is 2.96. The van der Waals surface area contributed by atoms with E-state index in [1.807, 2.05) is 25.1 Å². The van der Waals surface area contributed by atoms with Gasteiger partial charge in [-0.1, -0.05) is 12.1 Å². The molecule has 5 nitrogen and oxygen atoms in total. The molecule has 2 heterocycles. The van der Waals surface area contributed by atoms with Gasteiger partial charge in [-0.15, -0.1) is 0 Å². The van der Waals surface area contributed by atoms with Gasteiger partial charge in [0.15, 0.2) is 5.58 Å². The molecule has 1 fully saturated rings. The maximum Gasteiger partial charge on any atom is 0.420 e. The number of piperidine rings is 1. The summed E-state index contributed by atoms with van der Waals surface area (Å²) in [4.78, 5) is 26.6. The number of nitrogens with zero attached hydrogens (tertiary/aromatic N) is 2. The van der Waals surface area contributed by atoms with Crippen molar-refractivity contribution >= 4 is 17.0 Å². The van der Waals surface area contributed by atoms with Crippen molar-refractivity contribution in [2.45, 2.75) is 25.8 Å². The SMILES string of the molecule is Cc1ccc2oc(=O)n(C3CCN(C(=O)c4cccc(F)c4)CC3)c2c1. The van der Waals surface area contributed by atoms with Crippen LogP contribution in [0.1, 0.15) is 34.8 Å². The Morgan fingerprint density at radius 2 is 1.92 bits per heavy atom. The van der Waals surface area contributed by atoms with Gasteiger partial charge < -0.3 is 9.32 Å². The lowest BCUT2D eigenvalue weighted by molar-refractivity contribution is 0.0693. The van der Waals surface area contributed by atoms with E-state index in [1.54, 1.807) is 15.5 Å². The van der Waals surface area contributed by atoms with Crippen molar-refractivity contribution in [3.05, 3.63) is 70.0 Å². The highest BCUT2D eigenvalue weighted by atomic mass is 19.1. The Bertz CT molecular complexity index is 1030. The minimum absolute atomic E-state index is 0.0119. The Kier molecular flexibility index (Phi) is 4.11. The van der Waals surface area contributed by atoms with Gasteiger partial charge >= 0.3 is 5.76 Å². The second kappa shape index (κ2) is 6.44. The third-order valence-corrected chi connectivity index (χ3v) is 4.96. The Hall–Kier alpha value is -2.89. The molecule has 1 aliphatic heterocycles. The van der Waals surface area contributed by atoms with Crippen molar-refractivity contribution in [2.24, 2.45) is 0 Å². The summed E-state index contributed by atoms with van der Waals surface area (Å²) in [5, 5.41) is 0. The lowest BCUT2D eigenvalue weighted by Gasteiger charge is -2.32. The number of amides is 1. The lowest BCUT2D eigenvalue weighted by atomic mass is 10.0. The molecule has 0 aliphatic carbocycles. The van der Waals surface area contributed by atoms with E-state index in [2.05, 4.69) is 0 Å². The first-order valence-corrected chi connectivity index (χ1v) is 8.69. The molecule has 0 saturated carbocycles. The summed E-state index contributed by atoms with van der Waals surface area (Å²) in [7, 11) is 0. The second-order valence-corrected chi connectivity index (χ2v) is 6.74. The van der Waals surface area contributed by atoms with Gasteiger partial charge in [-0.05, 0) is 55.7 Å². The normalized spacial score (nSPS) is 15.5. The van der Waals surface area contributed by atoms with Gasteiger partial charge in [0.05, 0.1) is 5.52 Å². The second-order valence-electron chi connectivity index (χ2n) is 6.74. The zero-order chi connectivity index (χ0) is 18.3. The Labute approximate surface area is 149 Å². The van der Waals surface area contributed by atoms with Gasteiger partial charge in [0.1, 0.15) is 5.82 Å². The van der Waals surface area contributed by atoms with Crippen LogP contribution in [0.5, 0.6) is 0 Å². The van der Waals surface area contributed by atoms with E-state index in [9.17, 15) is 14.0 Å². The van der Waals surface area contributed by atoms with Gasteiger partial charge in [-0.3, -0.25) is 9.36 Å². The summed E-state index contributed by atoms with van der Waals surface area (Å²) >= 11 is 0. The molecule has 0 N–H and O–H groups in total. The van der Waals surface area contributed by atoms with Gasteiger partial charge in [-0.2, -0.15) is 0 Å². The number of aryl methyl sites for hydroxylation is 1. The lowest BCUT2D eigenvalue weighted by Crippen LogP contribution is -2.40. The highest BCUT2D eigenvalue weighted by molar-refractivity contribution is 5.94. The van der Waals surface area contributed by atoms with Crippen LogP contribution in [0.3, 0.4) is 0 Å². The van der Waals surface area contributed by atoms with E-state index in [4.69, 9.17) is 4.42 Å². The first-order valence-electron chi connectivity index (χ1n) is 8.69. The minimum Gasteiger partial charge on any atom is -0.408 e. The number of hydrogen-bond acceptors (Lipinski definition) is 3. The molecule has 2 aromatic carbocycles. The first kappa shape index (κ1) is 16.6. The van der Waals surface area contributed by atoms with Gasteiger partial charge in [0, 0.05) is 24.7 Å². The highest BCUT2D eigenvalue weighted by Gasteiger charge is 2.27. The molecule has 1 saturated heterocycles. The zero-order valence-electron chi connectivity index (χ0n) is 14.4. The van der Waals surface area contributed by atoms with E-state index in [-0.39, 0.29) is 17.7 Å². The predicted octanol–water partition coefficient (Wildman–Crippen LogP) is 3.52. The van der Waals surface area contributed by atoms with Crippen LogP contribution in [-0.4, -0.2) is 28.5 Å². The summed E-state index contributed by atoms with van der Waals surface area (Å²) in [6.07, 6.45) is 1.31. The van der Waals surface area contributed by atoms with Crippen LogP contribution < -0.4 is 5.76 Å². The number of fused-ring (bicyclic) bond motifs is 1. The monoisotopic (exact) mass is 354 g/mol. The molecule has 3 aromatic rings. The molecule has 0 atom stereocenters. The molecule has 0 spiro atoms. The molecule has 26 heavy (non-hydrogen) atoms. The van der Waals surface area contributed by atoms with Gasteiger partial charge in [0.2, 0.25) is 0 Å². The first-order chi connectivity index (χ1) is 12.5. The van der Waals surface area contributed by atoms with Gasteiger partial charge in [0.25, 0.3) is 5.91 Å². The van der Waals surface area contributed by atoms with Crippen molar-refractivity contribution in [3.63, 3.8) is 0 Å². The van der Waals surface area contributed by atoms with E-state index in [0.29, 0.717) is 37.1 Å². The molecule has 1 aromatic heterocycles. The molecule has 0 radical (unpaired) electrons. The van der Waals surface area contributed by atoms with E-state index < -0.39 is 5.82 Å². The Balaban J connectivity index is 1.54. The number of aromatic nitrogens is 1. The third-order valence-electron chi connectivity index (χ3n) is 4.96. The fraction of sp³-hybridized carbons (Fsp3) is 0.300. The smallest absolute Gasteiger partial charge is 0.408 e. The number of carbonyl (C=O) groups excluding carboxylic acids is 1. The van der Waals surface area contributed by atoms with Crippen LogP contribution in [0.15, 0.2) is 51.7 Å². The minimum atomic E-state index is -0.419. The number of likely N-dealkylation sites (tertiary alicyclic amines) is 1. The number of hydrogen-bond donors (Lipinski definition) is 0. The Morgan fingerprint density at radius 3 is 2.65 bits per heavy atom. The average molecular weight is 354 g/mol. The fourth-order valence-corrected chi connectivity index (χ4v) is 3.62. The van der Waals surface area contributed by atoms with Crippen LogP contribution in [-0.2, 0) is 0 Å². The van der Waals surface area contributed by atoms with E-state index in [1.165, 1.54) is 18.2 Å². The zero-order valence-corrected chi connectivity index (χ0v) is 14.4. The van der Waals surface area contributed by atoms with Crippen molar-refractivity contribution < 1.29 is 13.6 Å². The van der Waals surface area contributed by atoms with E-state index >= 15 is 0 Å². The van der Waals surface area contributed by atoms with Crippen LogP contribution in [0, 0.1) is 12.7 Å². The highest BCUT2D eigenvalue weighted by Crippen LogP contribution is 2.27. The topological polar surface area (TPSA) is 55.5 Å². The molecule has 0 unspecified atom stereocenters. The molecule has 0 bridgehead atoms. The summed E-state index contributed by atoms with van der Waals surface area (Å²) in [6.45, 7) is 3.01. The summed E-state index contributed by atoms with van der Waals surface area (Å²) < 4.78 is 20.4. The quantitative estimate of drug-likeness (QED) is 0.708. The van der Waals surface area contributed by atoms with Crippen LogP contribution in [0.2, 0.25) is 0 Å². The van der Waals surface area contributed by atoms with Crippen LogP contribution >= 0.6 is 0 Å². The molecule has 6 heteroatoms. The number of carbonyl (C=O) groups is 1. The molecule has 134 valence electrons. The molecular formula is C20H19FN2O3. The van der Waals surface area contributed by atoms with E-state index in [0.717, 1.165) is 11.1 Å². The Morgan fingerprint density at radius 1 is 1.15 bits per heavy atom. The maximum absolute atomic E-state index is 13.3. The van der Waals surface area contributed by atoms with Crippen LogP contribution in [0.25, 0.3) is 11.1 Å². The summed E-state index contributed by atoms with van der Waals surface area (Å²) in [6, 6.07) is 11.4. The number of oxazole rings is 1. The summed E-state index contributed by atoms with van der Waals surface area (Å²) in [5.41, 5.74) is 2.79. The maximum atomic E-state index is 13.3. The molecule has 1 amide bonds. The number of halogens is 1. The third kappa shape index (κ3) is 2.92. The molecule has 1 aliphatic rings. The number of rotatable bonds is 2. The predicted molar refractivity (Wildman–Crippen MR) is 95.8 cm³/mol. The van der Waals surface area contributed by atoms with Crippen LogP contribution in [0.4, 0.5) is 4.39 Å². The van der Waals surface area contributed by atoms with Crippen molar-refractivity contribution in [3.8, 4) is 0 Å². The van der Waals surface area contributed by atoms with Crippen molar-refractivity contribution in [1.82, 2.24) is 9.47 Å². The molecule has 4 rings (SSSR count). The van der Waals surface area contributed by atoms with Crippen molar-refractivity contribution in [1.29, 1.82) is 0 Å². The number of benzene rings is 2. The standard InChI is InChI=1S/C20H19FN2O3/c1-13-5-6-18-17(11-13)23(20(25)26-18)16-7-9-22(10-8-16)19(24)14-3-2-4-15(21)12-14/h2-6,11-12,16H,7-10H2,1H3. The molecular weight excluding hydrogens is 335 g/mol. The summed E-state index contributed by atoms with van der Waals surface area (Å²) in [5.74, 6) is -0.957. The van der Waals surface area contributed by atoms with Gasteiger partial charge in [-0.25, -0.2) is 9.18 Å². The largest absolute Gasteiger partial charge is 0.420 e.